The van der Waals surface area contributed by atoms with Gasteiger partial charge in [0, 0.05) is 29.8 Å². The van der Waals surface area contributed by atoms with Gasteiger partial charge in [-0.15, -0.1) is 11.3 Å². The maximum absolute atomic E-state index is 13.6. The Morgan fingerprint density at radius 3 is 2.40 bits per heavy atom. The Labute approximate surface area is 207 Å². The van der Waals surface area contributed by atoms with Crippen molar-refractivity contribution in [2.45, 2.75) is 12.6 Å². The number of hydrogen-bond donors (Lipinski definition) is 1. The Morgan fingerprint density at radius 1 is 1.00 bits per heavy atom. The Balaban J connectivity index is 1.49. The third-order valence-corrected chi connectivity index (χ3v) is 6.65. The summed E-state index contributed by atoms with van der Waals surface area (Å²) in [5.41, 5.74) is 3.92. The molecule has 35 heavy (non-hydrogen) atoms. The Hall–Kier alpha value is -4.17. The lowest BCUT2D eigenvalue weighted by Gasteiger charge is -2.27. The average molecular weight is 486 g/mol. The number of nitrogens with one attached hydrogen (secondary N) is 1. The maximum Gasteiger partial charge on any atom is 0.255 e. The highest BCUT2D eigenvalue weighted by molar-refractivity contribution is 7.13. The Kier molecular flexibility index (Phi) is 6.20. The normalized spacial score (nSPS) is 13.3. The molecule has 0 bridgehead atoms. The van der Waals surface area contributed by atoms with E-state index < -0.39 is 6.04 Å². The van der Waals surface area contributed by atoms with E-state index in [0.29, 0.717) is 28.7 Å². The first kappa shape index (κ1) is 22.6. The standard InChI is InChI=1S/C27H23N3O4S/c1-33-21-12-20(13-22(15-21)34-2)18-8-9-19-16-30(26(32)23(19)14-18)24(17-6-4-3-5-7-17)25(31)29-27-28-10-11-35-27/h3-15,24H,16H2,1-2H3,(H,28,29,31)/t24-/m1/s1. The molecule has 0 spiro atoms. The van der Waals surface area contributed by atoms with Gasteiger partial charge >= 0.3 is 0 Å². The van der Waals surface area contributed by atoms with Crippen molar-refractivity contribution >= 4 is 28.3 Å². The number of benzene rings is 3. The Morgan fingerprint density at radius 2 is 1.74 bits per heavy atom. The van der Waals surface area contributed by atoms with E-state index >= 15 is 0 Å². The smallest absolute Gasteiger partial charge is 0.255 e. The van der Waals surface area contributed by atoms with Crippen molar-refractivity contribution < 1.29 is 19.1 Å². The number of carbonyl (C=O) groups is 2. The van der Waals surface area contributed by atoms with Gasteiger partial charge in [0.1, 0.15) is 17.5 Å². The number of thiazole rings is 1. The molecule has 0 fully saturated rings. The second kappa shape index (κ2) is 9.60. The molecule has 1 aliphatic rings. The number of ether oxygens (including phenoxy) is 2. The first-order valence-corrected chi connectivity index (χ1v) is 11.9. The summed E-state index contributed by atoms with van der Waals surface area (Å²) >= 11 is 1.33. The molecule has 1 N–H and O–H groups in total. The molecule has 1 atom stereocenters. The molecule has 2 amide bonds. The summed E-state index contributed by atoms with van der Waals surface area (Å²) in [7, 11) is 3.20. The summed E-state index contributed by atoms with van der Waals surface area (Å²) in [6.45, 7) is 0.334. The largest absolute Gasteiger partial charge is 0.497 e. The number of carbonyl (C=O) groups excluding carboxylic acids is 2. The van der Waals surface area contributed by atoms with E-state index in [-0.39, 0.29) is 11.8 Å². The molecule has 4 aromatic rings. The summed E-state index contributed by atoms with van der Waals surface area (Å²) in [5, 5.41) is 5.14. The Bertz CT molecular complexity index is 1350. The summed E-state index contributed by atoms with van der Waals surface area (Å²) < 4.78 is 10.8. The van der Waals surface area contributed by atoms with Crippen LogP contribution in [0, 0.1) is 0 Å². The number of nitrogens with zero attached hydrogens (tertiary/aromatic N) is 2. The minimum absolute atomic E-state index is 0.195. The fraction of sp³-hybridized carbons (Fsp3) is 0.148. The zero-order valence-electron chi connectivity index (χ0n) is 19.2. The van der Waals surface area contributed by atoms with Crippen LogP contribution >= 0.6 is 11.3 Å². The SMILES string of the molecule is COc1cc(OC)cc(-c2ccc3c(c2)C(=O)N([C@@H](C(=O)Nc2nccs2)c2ccccc2)C3)c1. The van der Waals surface area contributed by atoms with Crippen molar-refractivity contribution in [3.05, 3.63) is 95.0 Å². The highest BCUT2D eigenvalue weighted by Crippen LogP contribution is 2.36. The van der Waals surface area contributed by atoms with Gasteiger partial charge in [0.2, 0.25) is 0 Å². The molecule has 0 aliphatic carbocycles. The molecule has 176 valence electrons. The average Bonchev–Trinajstić information content (AvgIpc) is 3.52. The molecule has 3 aromatic carbocycles. The predicted octanol–water partition coefficient (Wildman–Crippen LogP) is 5.16. The number of anilines is 1. The van der Waals surface area contributed by atoms with Gasteiger partial charge in [0.15, 0.2) is 5.13 Å². The first-order chi connectivity index (χ1) is 17.1. The van der Waals surface area contributed by atoms with Crippen molar-refractivity contribution in [2.75, 3.05) is 19.5 Å². The second-order valence-electron chi connectivity index (χ2n) is 8.05. The molecule has 1 aliphatic heterocycles. The number of hydrogen-bond acceptors (Lipinski definition) is 6. The lowest BCUT2D eigenvalue weighted by atomic mass is 10.00. The monoisotopic (exact) mass is 485 g/mol. The van der Waals surface area contributed by atoms with E-state index in [2.05, 4.69) is 10.3 Å². The highest BCUT2D eigenvalue weighted by Gasteiger charge is 2.37. The summed E-state index contributed by atoms with van der Waals surface area (Å²) in [4.78, 5) is 32.8. The minimum atomic E-state index is -0.791. The molecule has 0 saturated heterocycles. The number of amides is 2. The fourth-order valence-corrected chi connectivity index (χ4v) is 4.78. The number of rotatable bonds is 7. The molecule has 0 saturated carbocycles. The van der Waals surface area contributed by atoms with Crippen molar-refractivity contribution in [2.24, 2.45) is 0 Å². The number of aromatic nitrogens is 1. The van der Waals surface area contributed by atoms with Crippen LogP contribution in [0.1, 0.15) is 27.5 Å². The van der Waals surface area contributed by atoms with E-state index in [9.17, 15) is 9.59 Å². The first-order valence-electron chi connectivity index (χ1n) is 11.0. The molecule has 8 heteroatoms. The third-order valence-electron chi connectivity index (χ3n) is 5.96. The van der Waals surface area contributed by atoms with Gasteiger partial charge in [0.05, 0.1) is 14.2 Å². The molecule has 7 nitrogen and oxygen atoms in total. The summed E-state index contributed by atoms with van der Waals surface area (Å²) in [5.74, 6) is 0.830. The maximum atomic E-state index is 13.6. The van der Waals surface area contributed by atoms with E-state index in [1.54, 1.807) is 36.8 Å². The van der Waals surface area contributed by atoms with Crippen molar-refractivity contribution in [3.8, 4) is 22.6 Å². The van der Waals surface area contributed by atoms with E-state index in [1.165, 1.54) is 11.3 Å². The molecular weight excluding hydrogens is 462 g/mol. The molecule has 1 aromatic heterocycles. The van der Waals surface area contributed by atoms with Crippen LogP contribution in [0.15, 0.2) is 78.3 Å². The summed E-state index contributed by atoms with van der Waals surface area (Å²) in [6, 6.07) is 19.9. The van der Waals surface area contributed by atoms with Crippen LogP contribution in [0.2, 0.25) is 0 Å². The number of fused-ring (bicyclic) bond motifs is 1. The van der Waals surface area contributed by atoms with Crippen LogP contribution in [0.25, 0.3) is 11.1 Å². The van der Waals surface area contributed by atoms with Crippen LogP contribution in [-0.2, 0) is 11.3 Å². The topological polar surface area (TPSA) is 80.8 Å². The zero-order chi connectivity index (χ0) is 24.4. The molecule has 2 heterocycles. The van der Waals surface area contributed by atoms with Crippen molar-refractivity contribution in [3.63, 3.8) is 0 Å². The van der Waals surface area contributed by atoms with Gasteiger partial charge in [-0.3, -0.25) is 14.9 Å². The van der Waals surface area contributed by atoms with Gasteiger partial charge in [-0.2, -0.15) is 0 Å². The van der Waals surface area contributed by atoms with Gasteiger partial charge in [-0.25, -0.2) is 4.98 Å². The van der Waals surface area contributed by atoms with Crippen molar-refractivity contribution in [1.82, 2.24) is 9.88 Å². The van der Waals surface area contributed by atoms with Crippen LogP contribution in [0.5, 0.6) is 11.5 Å². The lowest BCUT2D eigenvalue weighted by Crippen LogP contribution is -2.37. The minimum Gasteiger partial charge on any atom is -0.497 e. The van der Waals surface area contributed by atoms with Gasteiger partial charge < -0.3 is 14.4 Å². The van der Waals surface area contributed by atoms with E-state index in [0.717, 1.165) is 22.3 Å². The quantitative estimate of drug-likeness (QED) is 0.391. The zero-order valence-corrected chi connectivity index (χ0v) is 20.0. The molecule has 5 rings (SSSR count). The molecule has 0 unspecified atom stereocenters. The third kappa shape index (κ3) is 4.48. The number of methoxy groups -OCH3 is 2. The van der Waals surface area contributed by atoms with Crippen LogP contribution in [0.4, 0.5) is 5.13 Å². The van der Waals surface area contributed by atoms with Crippen LogP contribution in [0.3, 0.4) is 0 Å². The van der Waals surface area contributed by atoms with Crippen LogP contribution in [-0.4, -0.2) is 35.9 Å². The molecular formula is C27H23N3O4S. The van der Waals surface area contributed by atoms with Crippen molar-refractivity contribution in [1.29, 1.82) is 0 Å². The van der Waals surface area contributed by atoms with Gasteiger partial charge in [-0.05, 0) is 40.5 Å². The lowest BCUT2D eigenvalue weighted by molar-refractivity contribution is -0.120. The fourth-order valence-electron chi connectivity index (χ4n) is 4.25. The van der Waals surface area contributed by atoms with Gasteiger partial charge in [0.25, 0.3) is 11.8 Å². The second-order valence-corrected chi connectivity index (χ2v) is 8.94. The summed E-state index contributed by atoms with van der Waals surface area (Å²) in [6.07, 6.45) is 1.63. The van der Waals surface area contributed by atoms with E-state index in [4.69, 9.17) is 9.47 Å². The van der Waals surface area contributed by atoms with Crippen LogP contribution < -0.4 is 14.8 Å². The predicted molar refractivity (Wildman–Crippen MR) is 135 cm³/mol. The molecule has 0 radical (unpaired) electrons. The highest BCUT2D eigenvalue weighted by atomic mass is 32.1. The van der Waals surface area contributed by atoms with Gasteiger partial charge in [-0.1, -0.05) is 42.5 Å². The van der Waals surface area contributed by atoms with E-state index in [1.807, 2.05) is 60.7 Å².